The highest BCUT2D eigenvalue weighted by Crippen LogP contribution is 2.26. The fourth-order valence-corrected chi connectivity index (χ4v) is 3.14. The highest BCUT2D eigenvalue weighted by atomic mass is 79.9. The first-order chi connectivity index (χ1) is 10.3. The molecule has 1 aliphatic rings. The fourth-order valence-electron chi connectivity index (χ4n) is 2.26. The number of nitrogens with one attached hydrogen (secondary N) is 1. The second-order valence-corrected chi connectivity index (χ2v) is 7.93. The molecule has 1 atom stereocenters. The van der Waals surface area contributed by atoms with Crippen LogP contribution in [0.25, 0.3) is 0 Å². The molecule has 9 heteroatoms. The van der Waals surface area contributed by atoms with E-state index >= 15 is 0 Å². The molecule has 22 heavy (non-hydrogen) atoms. The molecule has 1 aromatic heterocycles. The molecule has 1 N–H and O–H groups in total. The van der Waals surface area contributed by atoms with E-state index in [2.05, 4.69) is 30.5 Å². The molecule has 1 saturated heterocycles. The highest BCUT2D eigenvalue weighted by molar-refractivity contribution is 9.10. The molecule has 1 unspecified atom stereocenters. The lowest BCUT2D eigenvalue weighted by Gasteiger charge is -2.15. The second-order valence-electron chi connectivity index (χ2n) is 5.27. The van der Waals surface area contributed by atoms with E-state index in [0.717, 1.165) is 25.8 Å². The van der Waals surface area contributed by atoms with Gasteiger partial charge in [0.05, 0.1) is 12.9 Å². The van der Waals surface area contributed by atoms with Gasteiger partial charge in [0, 0.05) is 30.3 Å². The van der Waals surface area contributed by atoms with Crippen molar-refractivity contribution in [2.24, 2.45) is 0 Å². The van der Waals surface area contributed by atoms with Crippen LogP contribution in [0, 0.1) is 0 Å². The number of rotatable bonds is 7. The zero-order valence-corrected chi connectivity index (χ0v) is 14.7. The maximum atomic E-state index is 13.0. The number of pyridine rings is 1. The monoisotopic (exact) mass is 395 g/mol. The number of aromatic nitrogens is 1. The second kappa shape index (κ2) is 7.56. The number of halogens is 2. The molecule has 0 saturated carbocycles. The van der Waals surface area contributed by atoms with Crippen molar-refractivity contribution >= 4 is 31.6 Å². The Morgan fingerprint density at radius 2 is 2.36 bits per heavy atom. The first-order valence-electron chi connectivity index (χ1n) is 6.96. The average Bonchev–Trinajstić information content (AvgIpc) is 2.80. The maximum Gasteiger partial charge on any atom is 0.238 e. The van der Waals surface area contributed by atoms with E-state index in [0.29, 0.717) is 29.7 Å². The van der Waals surface area contributed by atoms with Gasteiger partial charge in [-0.25, -0.2) is 17.8 Å². The van der Waals surface area contributed by atoms with Crippen LogP contribution in [-0.2, 0) is 10.0 Å². The Bertz CT molecular complexity index is 615. The Morgan fingerprint density at radius 3 is 3.00 bits per heavy atom. The minimum Gasteiger partial charge on any atom is -0.476 e. The molecule has 0 radical (unpaired) electrons. The lowest BCUT2D eigenvalue weighted by molar-refractivity contribution is 0.245. The van der Waals surface area contributed by atoms with Gasteiger partial charge in [-0.2, -0.15) is 0 Å². The molecule has 1 aliphatic heterocycles. The highest BCUT2D eigenvalue weighted by Gasteiger charge is 2.21. The first kappa shape index (κ1) is 17.4. The summed E-state index contributed by atoms with van der Waals surface area (Å²) in [5, 5.41) is 0. The smallest absolute Gasteiger partial charge is 0.238 e. The van der Waals surface area contributed by atoms with Crippen LogP contribution >= 0.6 is 15.9 Å². The van der Waals surface area contributed by atoms with E-state index in [4.69, 9.17) is 4.74 Å². The van der Waals surface area contributed by atoms with Gasteiger partial charge in [0.2, 0.25) is 15.9 Å². The maximum absolute atomic E-state index is 13.0. The number of ether oxygens (including phenoxy) is 1. The minimum absolute atomic E-state index is 0.235. The van der Waals surface area contributed by atoms with Gasteiger partial charge in [-0.1, -0.05) is 0 Å². The Balaban J connectivity index is 1.86. The van der Waals surface area contributed by atoms with Gasteiger partial charge in [-0.3, -0.25) is 4.72 Å². The van der Waals surface area contributed by atoms with Crippen molar-refractivity contribution in [3.63, 3.8) is 0 Å². The molecular formula is C13H19BrFN3O3S. The zero-order chi connectivity index (χ0) is 16.2. The van der Waals surface area contributed by atoms with E-state index in [1.807, 2.05) is 0 Å². The number of sulfonamides is 1. The standard InChI is InChI=1S/C13H19BrFN3O3S/c1-22(19,20)17-12-7-10(14)8-16-13(12)21-6-2-4-18-5-3-11(15)9-18/h7-8,11,17H,2-6,9H2,1H3. The van der Waals surface area contributed by atoms with Crippen molar-refractivity contribution < 1.29 is 17.5 Å². The Kier molecular flexibility index (Phi) is 5.99. The molecular weight excluding hydrogens is 377 g/mol. The van der Waals surface area contributed by atoms with Crippen LogP contribution in [0.4, 0.5) is 10.1 Å². The minimum atomic E-state index is -3.41. The summed E-state index contributed by atoms with van der Waals surface area (Å²) in [5.74, 6) is 0.235. The van der Waals surface area contributed by atoms with Crippen LogP contribution < -0.4 is 9.46 Å². The normalized spacial score (nSPS) is 19.3. The third-order valence-corrected chi connectivity index (χ3v) is 4.21. The van der Waals surface area contributed by atoms with Crippen molar-refractivity contribution in [2.75, 3.05) is 37.2 Å². The average molecular weight is 396 g/mol. The number of nitrogens with zero attached hydrogens (tertiary/aromatic N) is 2. The van der Waals surface area contributed by atoms with E-state index in [-0.39, 0.29) is 5.88 Å². The molecule has 0 amide bonds. The van der Waals surface area contributed by atoms with Crippen LogP contribution in [0.5, 0.6) is 5.88 Å². The van der Waals surface area contributed by atoms with Gasteiger partial charge < -0.3 is 9.64 Å². The van der Waals surface area contributed by atoms with Crippen molar-refractivity contribution in [1.82, 2.24) is 9.88 Å². The third kappa shape index (κ3) is 5.69. The summed E-state index contributed by atoms with van der Waals surface area (Å²) in [7, 11) is -3.41. The predicted octanol–water partition coefficient (Wildman–Crippen LogP) is 2.03. The summed E-state index contributed by atoms with van der Waals surface area (Å²) >= 11 is 3.24. The lowest BCUT2D eigenvalue weighted by atomic mass is 10.3. The number of hydrogen-bond donors (Lipinski definition) is 1. The molecule has 6 nitrogen and oxygen atoms in total. The summed E-state index contributed by atoms with van der Waals surface area (Å²) in [4.78, 5) is 6.13. The van der Waals surface area contributed by atoms with Gasteiger partial charge in [0.15, 0.2) is 0 Å². The topological polar surface area (TPSA) is 71.5 Å². The molecule has 1 aromatic rings. The molecule has 0 aliphatic carbocycles. The largest absolute Gasteiger partial charge is 0.476 e. The molecule has 0 bridgehead atoms. The number of anilines is 1. The summed E-state index contributed by atoms with van der Waals surface area (Å²) in [6, 6.07) is 1.59. The van der Waals surface area contributed by atoms with Gasteiger partial charge in [-0.05, 0) is 34.8 Å². The predicted molar refractivity (Wildman–Crippen MR) is 86.5 cm³/mol. The number of hydrogen-bond acceptors (Lipinski definition) is 5. The van der Waals surface area contributed by atoms with Gasteiger partial charge in [0.1, 0.15) is 11.9 Å². The molecule has 0 aromatic carbocycles. The van der Waals surface area contributed by atoms with Crippen molar-refractivity contribution in [2.45, 2.75) is 19.0 Å². The SMILES string of the molecule is CS(=O)(=O)Nc1cc(Br)cnc1OCCCN1CCC(F)C1. The van der Waals surface area contributed by atoms with E-state index in [1.54, 1.807) is 6.07 Å². The molecule has 124 valence electrons. The van der Waals surface area contributed by atoms with Gasteiger partial charge in [0.25, 0.3) is 0 Å². The van der Waals surface area contributed by atoms with E-state index < -0.39 is 16.2 Å². The van der Waals surface area contributed by atoms with Crippen molar-refractivity contribution in [3.8, 4) is 5.88 Å². The Hall–Kier alpha value is -0.930. The lowest BCUT2D eigenvalue weighted by Crippen LogP contribution is -2.23. The molecule has 2 rings (SSSR count). The fraction of sp³-hybridized carbons (Fsp3) is 0.615. The third-order valence-electron chi connectivity index (χ3n) is 3.19. The summed E-state index contributed by atoms with van der Waals surface area (Å²) in [6.07, 6.45) is 3.20. The number of likely N-dealkylation sites (tertiary alicyclic amines) is 1. The first-order valence-corrected chi connectivity index (χ1v) is 9.64. The van der Waals surface area contributed by atoms with Crippen LogP contribution in [0.3, 0.4) is 0 Å². The van der Waals surface area contributed by atoms with E-state index in [9.17, 15) is 12.8 Å². The van der Waals surface area contributed by atoms with E-state index in [1.165, 1.54) is 6.20 Å². The quantitative estimate of drug-likeness (QED) is 0.715. The molecule has 1 fully saturated rings. The number of alkyl halides is 1. The van der Waals surface area contributed by atoms with Crippen molar-refractivity contribution in [1.29, 1.82) is 0 Å². The Labute approximate surface area is 138 Å². The van der Waals surface area contributed by atoms with Crippen LogP contribution in [0.2, 0.25) is 0 Å². The van der Waals surface area contributed by atoms with Crippen LogP contribution in [0.15, 0.2) is 16.7 Å². The van der Waals surface area contributed by atoms with Crippen LogP contribution in [-0.4, -0.2) is 57.0 Å². The van der Waals surface area contributed by atoms with Crippen molar-refractivity contribution in [3.05, 3.63) is 16.7 Å². The van der Waals surface area contributed by atoms with Crippen LogP contribution in [0.1, 0.15) is 12.8 Å². The molecule has 0 spiro atoms. The summed E-state index contributed by atoms with van der Waals surface area (Å²) < 4.78 is 44.3. The summed E-state index contributed by atoms with van der Waals surface area (Å²) in [6.45, 7) is 2.41. The van der Waals surface area contributed by atoms with Gasteiger partial charge in [-0.15, -0.1) is 0 Å². The summed E-state index contributed by atoms with van der Waals surface area (Å²) in [5.41, 5.74) is 0.293. The van der Waals surface area contributed by atoms with Gasteiger partial charge >= 0.3 is 0 Å². The zero-order valence-electron chi connectivity index (χ0n) is 12.3. The Morgan fingerprint density at radius 1 is 1.59 bits per heavy atom. The molecule has 2 heterocycles.